The molecule has 0 aliphatic heterocycles. The summed E-state index contributed by atoms with van der Waals surface area (Å²) < 4.78 is 31.4. The molecule has 0 fully saturated rings. The van der Waals surface area contributed by atoms with Crippen molar-refractivity contribution in [1.29, 1.82) is 0 Å². The Hall–Kier alpha value is -3.54. The molecule has 2 aromatic heterocycles. The Balaban J connectivity index is 1.44. The lowest BCUT2D eigenvalue weighted by molar-refractivity contribution is 0.0486. The molecule has 2 aromatic carbocycles. The van der Waals surface area contributed by atoms with Crippen LogP contribution in [0, 0.1) is 5.82 Å². The zero-order valence-electron chi connectivity index (χ0n) is 15.2. The van der Waals surface area contributed by atoms with E-state index in [-0.39, 0.29) is 18.2 Å². The Morgan fingerprint density at radius 3 is 2.68 bits per heavy atom. The molecule has 0 amide bonds. The molecule has 6 heteroatoms. The Morgan fingerprint density at radius 2 is 1.89 bits per heavy atom. The lowest BCUT2D eigenvalue weighted by Crippen LogP contribution is -2.02. The highest BCUT2D eigenvalue weighted by Gasteiger charge is 2.12. The van der Waals surface area contributed by atoms with E-state index in [1.54, 1.807) is 25.1 Å². The second-order valence-electron chi connectivity index (χ2n) is 6.16. The Labute approximate surface area is 160 Å². The minimum atomic E-state index is -0.489. The predicted molar refractivity (Wildman–Crippen MR) is 102 cm³/mol. The third kappa shape index (κ3) is 3.62. The number of fused-ring (bicyclic) bond motifs is 1. The van der Waals surface area contributed by atoms with Gasteiger partial charge in [0.1, 0.15) is 23.9 Å². The van der Waals surface area contributed by atoms with Crippen LogP contribution in [0.1, 0.15) is 23.2 Å². The average Bonchev–Trinajstić information content (AvgIpc) is 3.34. The number of aromatic nitrogens is 1. The fraction of sp³-hybridized carbons (Fsp3) is 0.136. The maximum absolute atomic E-state index is 13.4. The number of ether oxygens (including phenoxy) is 2. The van der Waals surface area contributed by atoms with Crippen LogP contribution in [-0.2, 0) is 11.3 Å². The van der Waals surface area contributed by atoms with E-state index < -0.39 is 5.97 Å². The van der Waals surface area contributed by atoms with Gasteiger partial charge >= 0.3 is 5.97 Å². The average molecular weight is 379 g/mol. The van der Waals surface area contributed by atoms with E-state index >= 15 is 0 Å². The highest BCUT2D eigenvalue weighted by molar-refractivity contribution is 5.86. The molecule has 0 N–H and O–H groups in total. The molecule has 4 rings (SSSR count). The van der Waals surface area contributed by atoms with Crippen molar-refractivity contribution in [2.24, 2.45) is 0 Å². The maximum atomic E-state index is 13.4. The maximum Gasteiger partial charge on any atom is 0.374 e. The van der Waals surface area contributed by atoms with Gasteiger partial charge in [0.15, 0.2) is 0 Å². The molecule has 0 saturated heterocycles. The standard InChI is InChI=1S/C22H18FNO4/c1-2-26-22(25)21-10-8-19(28-21)14-27-18-6-4-17(5-7-18)24-12-11-15-13-16(23)3-9-20(15)24/h3-13H,2,14H2,1H3. The normalized spacial score (nSPS) is 10.9. The van der Waals surface area contributed by atoms with Crippen LogP contribution in [0.5, 0.6) is 5.75 Å². The van der Waals surface area contributed by atoms with Gasteiger partial charge in [-0.2, -0.15) is 0 Å². The largest absolute Gasteiger partial charge is 0.486 e. The number of esters is 1. The zero-order chi connectivity index (χ0) is 19.5. The zero-order valence-corrected chi connectivity index (χ0v) is 15.2. The summed E-state index contributed by atoms with van der Waals surface area (Å²) in [7, 11) is 0. The van der Waals surface area contributed by atoms with Crippen LogP contribution in [0.2, 0.25) is 0 Å². The van der Waals surface area contributed by atoms with E-state index in [1.807, 2.05) is 41.1 Å². The number of carbonyl (C=O) groups is 1. The van der Waals surface area contributed by atoms with Crippen molar-refractivity contribution < 1.29 is 23.1 Å². The number of halogens is 1. The van der Waals surface area contributed by atoms with Crippen molar-refractivity contribution in [2.75, 3.05) is 6.61 Å². The van der Waals surface area contributed by atoms with Crippen molar-refractivity contribution in [3.63, 3.8) is 0 Å². The van der Waals surface area contributed by atoms with Gasteiger partial charge in [-0.1, -0.05) is 0 Å². The van der Waals surface area contributed by atoms with Crippen LogP contribution in [0.4, 0.5) is 4.39 Å². The van der Waals surface area contributed by atoms with Crippen molar-refractivity contribution in [3.05, 3.63) is 84.2 Å². The molecule has 0 spiro atoms. The lowest BCUT2D eigenvalue weighted by Gasteiger charge is -2.08. The van der Waals surface area contributed by atoms with Gasteiger partial charge in [-0.15, -0.1) is 0 Å². The van der Waals surface area contributed by atoms with Gasteiger partial charge in [0, 0.05) is 17.3 Å². The predicted octanol–water partition coefficient (Wildman–Crippen LogP) is 5.12. The number of hydrogen-bond donors (Lipinski definition) is 0. The summed E-state index contributed by atoms with van der Waals surface area (Å²) in [6.45, 7) is 2.23. The van der Waals surface area contributed by atoms with Gasteiger partial charge in [0.05, 0.1) is 12.1 Å². The van der Waals surface area contributed by atoms with Crippen molar-refractivity contribution in [3.8, 4) is 11.4 Å². The molecule has 0 unspecified atom stereocenters. The second kappa shape index (κ2) is 7.60. The van der Waals surface area contributed by atoms with Crippen LogP contribution in [0.15, 0.2) is 71.3 Å². The summed E-state index contributed by atoms with van der Waals surface area (Å²) in [5.41, 5.74) is 1.87. The lowest BCUT2D eigenvalue weighted by atomic mass is 10.2. The molecule has 0 saturated carbocycles. The molecule has 0 radical (unpaired) electrons. The molecule has 0 aliphatic carbocycles. The molecule has 28 heavy (non-hydrogen) atoms. The smallest absolute Gasteiger partial charge is 0.374 e. The molecule has 0 atom stereocenters. The van der Waals surface area contributed by atoms with E-state index in [2.05, 4.69) is 0 Å². The van der Waals surface area contributed by atoms with Gasteiger partial charge in [-0.05, 0) is 67.6 Å². The quantitative estimate of drug-likeness (QED) is 0.437. The Bertz CT molecular complexity index is 1110. The Kier molecular flexibility index (Phi) is 4.85. The molecule has 5 nitrogen and oxygen atoms in total. The van der Waals surface area contributed by atoms with E-state index in [1.165, 1.54) is 12.1 Å². The molecular formula is C22H18FNO4. The number of hydrogen-bond acceptors (Lipinski definition) is 4. The van der Waals surface area contributed by atoms with Crippen molar-refractivity contribution in [1.82, 2.24) is 4.57 Å². The highest BCUT2D eigenvalue weighted by Crippen LogP contribution is 2.23. The summed E-state index contributed by atoms with van der Waals surface area (Å²) in [5.74, 6) is 0.618. The summed E-state index contributed by atoms with van der Waals surface area (Å²) in [4.78, 5) is 11.6. The first-order valence-electron chi connectivity index (χ1n) is 8.90. The van der Waals surface area contributed by atoms with Gasteiger partial charge in [-0.25, -0.2) is 9.18 Å². The number of benzene rings is 2. The van der Waals surface area contributed by atoms with Gasteiger partial charge < -0.3 is 18.5 Å². The van der Waals surface area contributed by atoms with Gasteiger partial charge in [0.25, 0.3) is 0 Å². The van der Waals surface area contributed by atoms with Crippen LogP contribution in [-0.4, -0.2) is 17.1 Å². The third-order valence-corrected chi connectivity index (χ3v) is 4.29. The monoisotopic (exact) mass is 379 g/mol. The summed E-state index contributed by atoms with van der Waals surface area (Å²) in [6, 6.07) is 17.4. The van der Waals surface area contributed by atoms with E-state index in [0.29, 0.717) is 18.1 Å². The second-order valence-corrected chi connectivity index (χ2v) is 6.16. The van der Waals surface area contributed by atoms with E-state index in [9.17, 15) is 9.18 Å². The van der Waals surface area contributed by atoms with Crippen LogP contribution >= 0.6 is 0 Å². The number of carbonyl (C=O) groups excluding carboxylic acids is 1. The molecule has 0 bridgehead atoms. The van der Waals surface area contributed by atoms with Crippen molar-refractivity contribution >= 4 is 16.9 Å². The van der Waals surface area contributed by atoms with Gasteiger partial charge in [-0.3, -0.25) is 0 Å². The first-order chi connectivity index (χ1) is 13.6. The number of furan rings is 1. The summed E-state index contributed by atoms with van der Waals surface area (Å²) >= 11 is 0. The van der Waals surface area contributed by atoms with Crippen LogP contribution in [0.25, 0.3) is 16.6 Å². The summed E-state index contributed by atoms with van der Waals surface area (Å²) in [6.07, 6.45) is 1.90. The van der Waals surface area contributed by atoms with Crippen LogP contribution in [0.3, 0.4) is 0 Å². The minimum Gasteiger partial charge on any atom is -0.486 e. The van der Waals surface area contributed by atoms with Crippen LogP contribution < -0.4 is 4.74 Å². The highest BCUT2D eigenvalue weighted by atomic mass is 19.1. The molecule has 0 aliphatic rings. The number of rotatable bonds is 6. The Morgan fingerprint density at radius 1 is 1.07 bits per heavy atom. The first-order valence-corrected chi connectivity index (χ1v) is 8.90. The van der Waals surface area contributed by atoms with Gasteiger partial charge in [0.2, 0.25) is 5.76 Å². The molecule has 2 heterocycles. The van der Waals surface area contributed by atoms with Crippen molar-refractivity contribution in [2.45, 2.75) is 13.5 Å². The SMILES string of the molecule is CCOC(=O)c1ccc(COc2ccc(-n3ccc4cc(F)ccc43)cc2)o1. The molecular weight excluding hydrogens is 361 g/mol. The van der Waals surface area contributed by atoms with E-state index in [0.717, 1.165) is 16.6 Å². The fourth-order valence-electron chi connectivity index (χ4n) is 2.96. The fourth-order valence-corrected chi connectivity index (χ4v) is 2.96. The summed E-state index contributed by atoms with van der Waals surface area (Å²) in [5, 5.41) is 0.843. The molecule has 142 valence electrons. The van der Waals surface area contributed by atoms with E-state index in [4.69, 9.17) is 13.9 Å². The number of nitrogens with zero attached hydrogens (tertiary/aromatic N) is 1. The molecule has 4 aromatic rings. The topological polar surface area (TPSA) is 53.6 Å². The first kappa shape index (κ1) is 17.9. The third-order valence-electron chi connectivity index (χ3n) is 4.29. The minimum absolute atomic E-state index is 0.159.